The lowest BCUT2D eigenvalue weighted by atomic mass is 10.1. The maximum atomic E-state index is 10.9. The zero-order chi connectivity index (χ0) is 21.2. The number of amides is 1. The van der Waals surface area contributed by atoms with E-state index >= 15 is 0 Å². The van der Waals surface area contributed by atoms with Crippen molar-refractivity contribution in [2.45, 2.75) is 31.8 Å². The molecule has 31 heavy (non-hydrogen) atoms. The van der Waals surface area contributed by atoms with Gasteiger partial charge in [0.1, 0.15) is 11.5 Å². The van der Waals surface area contributed by atoms with Gasteiger partial charge in [-0.15, -0.1) is 24.0 Å². The van der Waals surface area contributed by atoms with Crippen LogP contribution in [-0.4, -0.2) is 50.1 Å². The van der Waals surface area contributed by atoms with Crippen molar-refractivity contribution >= 4 is 35.8 Å². The Morgan fingerprint density at radius 2 is 2.03 bits per heavy atom. The van der Waals surface area contributed by atoms with E-state index in [1.54, 1.807) is 19.4 Å². The molecular formula is C22H32IN5O3. The van der Waals surface area contributed by atoms with Gasteiger partial charge in [-0.2, -0.15) is 0 Å². The van der Waals surface area contributed by atoms with Crippen LogP contribution in [0, 0.1) is 0 Å². The van der Waals surface area contributed by atoms with E-state index < -0.39 is 5.91 Å². The molecule has 3 rings (SSSR count). The second kappa shape index (κ2) is 13.2. The predicted molar refractivity (Wildman–Crippen MR) is 132 cm³/mol. The Morgan fingerprint density at radius 3 is 2.71 bits per heavy atom. The third-order valence-electron chi connectivity index (χ3n) is 5.13. The van der Waals surface area contributed by atoms with Gasteiger partial charge in [0.15, 0.2) is 12.6 Å². The Balaban J connectivity index is 0.00000341. The maximum Gasteiger partial charge on any atom is 0.255 e. The smallest absolute Gasteiger partial charge is 0.255 e. The Hall–Kier alpha value is -2.27. The fraction of sp³-hybridized carbons (Fsp3) is 0.455. The molecule has 0 bridgehead atoms. The van der Waals surface area contributed by atoms with Gasteiger partial charge >= 0.3 is 0 Å². The fourth-order valence-corrected chi connectivity index (χ4v) is 3.62. The molecule has 170 valence electrons. The topological polar surface area (TPSA) is 105 Å². The van der Waals surface area contributed by atoms with Crippen LogP contribution < -0.4 is 21.1 Å². The Bertz CT molecular complexity index is 822. The molecule has 1 aromatic heterocycles. The number of likely N-dealkylation sites (tertiary alicyclic amines) is 1. The van der Waals surface area contributed by atoms with Crippen molar-refractivity contribution in [1.82, 2.24) is 15.5 Å². The number of nitrogens with one attached hydrogen (secondary N) is 2. The Labute approximate surface area is 200 Å². The highest BCUT2D eigenvalue weighted by molar-refractivity contribution is 14.0. The molecule has 1 unspecified atom stereocenters. The van der Waals surface area contributed by atoms with Crippen molar-refractivity contribution in [2.24, 2.45) is 10.7 Å². The van der Waals surface area contributed by atoms with Crippen LogP contribution in [0.2, 0.25) is 0 Å². The highest BCUT2D eigenvalue weighted by Crippen LogP contribution is 2.24. The first-order chi connectivity index (χ1) is 14.7. The molecule has 9 heteroatoms. The van der Waals surface area contributed by atoms with Gasteiger partial charge in [0.25, 0.3) is 5.91 Å². The number of hydrogen-bond acceptors (Lipinski definition) is 5. The van der Waals surface area contributed by atoms with Gasteiger partial charge in [0, 0.05) is 20.1 Å². The third kappa shape index (κ3) is 8.06. The van der Waals surface area contributed by atoms with Gasteiger partial charge in [-0.3, -0.25) is 14.7 Å². The van der Waals surface area contributed by atoms with Gasteiger partial charge in [-0.1, -0.05) is 18.6 Å². The van der Waals surface area contributed by atoms with Crippen molar-refractivity contribution in [3.05, 3.63) is 54.0 Å². The van der Waals surface area contributed by atoms with E-state index in [1.165, 1.54) is 19.3 Å². The quantitative estimate of drug-likeness (QED) is 0.256. The van der Waals surface area contributed by atoms with Crippen molar-refractivity contribution < 1.29 is 13.9 Å². The minimum atomic E-state index is -0.497. The summed E-state index contributed by atoms with van der Waals surface area (Å²) in [5.41, 5.74) is 6.14. The lowest BCUT2D eigenvalue weighted by Crippen LogP contribution is -2.44. The molecule has 1 aliphatic rings. The first-order valence-corrected chi connectivity index (χ1v) is 10.4. The number of primary amides is 1. The minimum Gasteiger partial charge on any atom is -0.484 e. The van der Waals surface area contributed by atoms with Gasteiger partial charge in [0.2, 0.25) is 0 Å². The summed E-state index contributed by atoms with van der Waals surface area (Å²) < 4.78 is 11.1. The number of piperidine rings is 1. The molecule has 8 nitrogen and oxygen atoms in total. The van der Waals surface area contributed by atoms with E-state index in [0.717, 1.165) is 24.4 Å². The molecule has 1 aliphatic heterocycles. The summed E-state index contributed by atoms with van der Waals surface area (Å²) in [7, 11) is 1.75. The number of furan rings is 1. The van der Waals surface area contributed by atoms with Gasteiger partial charge in [-0.05, 0) is 55.8 Å². The summed E-state index contributed by atoms with van der Waals surface area (Å²) in [6, 6.07) is 11.7. The van der Waals surface area contributed by atoms with Crippen LogP contribution in [0.25, 0.3) is 0 Å². The summed E-state index contributed by atoms with van der Waals surface area (Å²) in [4.78, 5) is 17.7. The number of benzene rings is 1. The number of carbonyl (C=O) groups is 1. The highest BCUT2D eigenvalue weighted by atomic mass is 127. The number of carbonyl (C=O) groups excluding carboxylic acids is 1. The second-order valence-corrected chi connectivity index (χ2v) is 7.34. The molecule has 1 amide bonds. The van der Waals surface area contributed by atoms with Crippen molar-refractivity contribution in [3.8, 4) is 5.75 Å². The molecule has 0 spiro atoms. The molecule has 0 saturated carbocycles. The van der Waals surface area contributed by atoms with Crippen molar-refractivity contribution in [3.63, 3.8) is 0 Å². The monoisotopic (exact) mass is 541 g/mol. The number of hydrogen-bond donors (Lipinski definition) is 3. The third-order valence-corrected chi connectivity index (χ3v) is 5.13. The van der Waals surface area contributed by atoms with Crippen LogP contribution in [0.5, 0.6) is 5.75 Å². The van der Waals surface area contributed by atoms with Gasteiger partial charge in [-0.25, -0.2) is 0 Å². The SMILES string of the molecule is CN=C(NCc1cccc(OCC(N)=O)c1)NCC(c1ccco1)N1CCCCC1.I. The van der Waals surface area contributed by atoms with Crippen LogP contribution in [0.4, 0.5) is 0 Å². The summed E-state index contributed by atoms with van der Waals surface area (Å²) in [5, 5.41) is 6.75. The highest BCUT2D eigenvalue weighted by Gasteiger charge is 2.24. The molecule has 2 aromatic rings. The first kappa shape index (κ1) is 25.0. The molecule has 1 saturated heterocycles. The normalized spacial score (nSPS) is 15.6. The lowest BCUT2D eigenvalue weighted by Gasteiger charge is -2.33. The molecule has 1 atom stereocenters. The molecule has 1 aromatic carbocycles. The lowest BCUT2D eigenvalue weighted by molar-refractivity contribution is -0.119. The number of nitrogens with zero attached hydrogens (tertiary/aromatic N) is 2. The Morgan fingerprint density at radius 1 is 1.23 bits per heavy atom. The number of guanidine groups is 1. The number of aliphatic imine (C=N–C) groups is 1. The minimum absolute atomic E-state index is 0. The number of halogens is 1. The van der Waals surface area contributed by atoms with Crippen LogP contribution in [0.15, 0.2) is 52.1 Å². The van der Waals surface area contributed by atoms with E-state index in [0.29, 0.717) is 24.8 Å². The first-order valence-electron chi connectivity index (χ1n) is 10.4. The predicted octanol–water partition coefficient (Wildman–Crippen LogP) is 2.65. The number of nitrogens with two attached hydrogens (primary N) is 1. The average molecular weight is 541 g/mol. The summed E-state index contributed by atoms with van der Waals surface area (Å²) in [5.74, 6) is 1.80. The van der Waals surface area contributed by atoms with Crippen LogP contribution in [0.1, 0.15) is 36.6 Å². The average Bonchev–Trinajstić information content (AvgIpc) is 3.30. The van der Waals surface area contributed by atoms with Gasteiger partial charge in [0.05, 0.1) is 12.3 Å². The molecule has 0 aliphatic carbocycles. The van der Waals surface area contributed by atoms with E-state index in [9.17, 15) is 4.79 Å². The zero-order valence-electron chi connectivity index (χ0n) is 17.9. The van der Waals surface area contributed by atoms with Crippen molar-refractivity contribution in [1.29, 1.82) is 0 Å². The van der Waals surface area contributed by atoms with E-state index in [-0.39, 0.29) is 36.6 Å². The molecule has 2 heterocycles. The summed E-state index contributed by atoms with van der Waals surface area (Å²) in [6.07, 6.45) is 5.46. The van der Waals surface area contributed by atoms with Gasteiger partial charge < -0.3 is 25.5 Å². The van der Waals surface area contributed by atoms with Crippen LogP contribution in [-0.2, 0) is 11.3 Å². The van der Waals surface area contributed by atoms with E-state index in [4.69, 9.17) is 14.9 Å². The van der Waals surface area contributed by atoms with Crippen molar-refractivity contribution in [2.75, 3.05) is 33.3 Å². The fourth-order valence-electron chi connectivity index (χ4n) is 3.62. The standard InChI is InChI=1S/C22H31N5O3.HI/c1-24-22(25-14-17-7-5-8-18(13-17)30-16-21(23)28)26-15-19(20-9-6-12-29-20)27-10-3-2-4-11-27;/h5-9,12-13,19H,2-4,10-11,14-16H2,1H3,(H2,23,28)(H2,24,25,26);1H. The van der Waals surface area contributed by atoms with Crippen LogP contribution >= 0.6 is 24.0 Å². The summed E-state index contributed by atoms with van der Waals surface area (Å²) >= 11 is 0. The van der Waals surface area contributed by atoms with E-state index in [1.807, 2.05) is 30.3 Å². The Kier molecular flexibility index (Phi) is 10.6. The molecule has 0 radical (unpaired) electrons. The number of rotatable bonds is 9. The largest absolute Gasteiger partial charge is 0.484 e. The van der Waals surface area contributed by atoms with Crippen LogP contribution in [0.3, 0.4) is 0 Å². The zero-order valence-corrected chi connectivity index (χ0v) is 20.2. The molecule has 1 fully saturated rings. The molecule has 4 N–H and O–H groups in total. The summed E-state index contributed by atoms with van der Waals surface area (Å²) in [6.45, 7) is 3.30. The number of ether oxygens (including phenoxy) is 1. The second-order valence-electron chi connectivity index (χ2n) is 7.34. The maximum absolute atomic E-state index is 10.9. The molecular weight excluding hydrogens is 509 g/mol. The van der Waals surface area contributed by atoms with E-state index in [2.05, 4.69) is 20.5 Å².